The predicted octanol–water partition coefficient (Wildman–Crippen LogP) is 3.79. The minimum Gasteiger partial charge on any atom is -0.481 e. The van der Waals surface area contributed by atoms with Gasteiger partial charge in [-0.1, -0.05) is 20.8 Å². The van der Waals surface area contributed by atoms with E-state index in [4.69, 9.17) is 0 Å². The molecule has 31 heavy (non-hydrogen) atoms. The van der Waals surface area contributed by atoms with Gasteiger partial charge in [-0.25, -0.2) is 0 Å². The van der Waals surface area contributed by atoms with Crippen LogP contribution >= 0.6 is 0 Å². The van der Waals surface area contributed by atoms with Crippen LogP contribution in [0, 0.1) is 52.3 Å². The molecule has 0 radical (unpaired) electrons. The topological polar surface area (TPSA) is 115 Å². The van der Waals surface area contributed by atoms with Crippen LogP contribution in [0.3, 0.4) is 0 Å². The number of carboxylic acids is 2. The summed E-state index contributed by atoms with van der Waals surface area (Å²) < 4.78 is 0. The van der Waals surface area contributed by atoms with Gasteiger partial charge in [0.25, 0.3) is 0 Å². The summed E-state index contributed by atoms with van der Waals surface area (Å²) >= 11 is 0. The maximum Gasteiger partial charge on any atom is 0.317 e. The summed E-state index contributed by atoms with van der Waals surface area (Å²) in [5.41, 5.74) is -0.0919. The Hall–Kier alpha value is -1.14. The Labute approximate surface area is 185 Å². The zero-order valence-corrected chi connectivity index (χ0v) is 19.2. The summed E-state index contributed by atoms with van der Waals surface area (Å²) in [7, 11) is 0. The number of aliphatic hydroxyl groups is 2. The summed E-state index contributed by atoms with van der Waals surface area (Å²) in [4.78, 5) is 22.9. The van der Waals surface area contributed by atoms with E-state index in [9.17, 15) is 30.0 Å². The molecule has 4 saturated carbocycles. The molecular weight excluding hydrogens is 396 g/mol. The van der Waals surface area contributed by atoms with Gasteiger partial charge in [0, 0.05) is 0 Å². The van der Waals surface area contributed by atoms with Crippen LogP contribution in [-0.2, 0) is 9.59 Å². The van der Waals surface area contributed by atoms with Gasteiger partial charge >= 0.3 is 11.9 Å². The number of fused-ring (bicyclic) bond motifs is 5. The van der Waals surface area contributed by atoms with Crippen molar-refractivity contribution in [1.82, 2.24) is 0 Å². The van der Waals surface area contributed by atoms with E-state index < -0.39 is 24.0 Å². The second-order valence-corrected chi connectivity index (χ2v) is 11.8. The van der Waals surface area contributed by atoms with Crippen LogP contribution in [0.1, 0.15) is 78.6 Å². The Kier molecular flexibility index (Phi) is 5.96. The first kappa shape index (κ1) is 23.0. The molecule has 4 aliphatic rings. The van der Waals surface area contributed by atoms with Crippen LogP contribution in [0.2, 0.25) is 0 Å². The average molecular weight is 437 g/mol. The zero-order valence-electron chi connectivity index (χ0n) is 19.2. The largest absolute Gasteiger partial charge is 0.481 e. The van der Waals surface area contributed by atoms with Gasteiger partial charge in [-0.15, -0.1) is 0 Å². The van der Waals surface area contributed by atoms with Crippen molar-refractivity contribution < 1.29 is 30.0 Å². The summed E-state index contributed by atoms with van der Waals surface area (Å²) in [5, 5.41) is 40.4. The third-order valence-corrected chi connectivity index (χ3v) is 10.7. The fourth-order valence-electron chi connectivity index (χ4n) is 9.00. The van der Waals surface area contributed by atoms with Gasteiger partial charge in [0.1, 0.15) is 0 Å². The Balaban J connectivity index is 1.56. The van der Waals surface area contributed by atoms with E-state index in [0.29, 0.717) is 23.7 Å². The molecule has 4 unspecified atom stereocenters. The van der Waals surface area contributed by atoms with Gasteiger partial charge in [-0.2, -0.15) is 0 Å². The van der Waals surface area contributed by atoms with Gasteiger partial charge < -0.3 is 20.4 Å². The van der Waals surface area contributed by atoms with Crippen LogP contribution in [0.5, 0.6) is 0 Å². The molecule has 176 valence electrons. The minimum absolute atomic E-state index is 0.0600. The fourth-order valence-corrected chi connectivity index (χ4v) is 9.00. The third-order valence-electron chi connectivity index (χ3n) is 10.7. The van der Waals surface area contributed by atoms with Crippen molar-refractivity contribution in [3.63, 3.8) is 0 Å². The lowest BCUT2D eigenvalue weighted by molar-refractivity contribution is -0.176. The van der Waals surface area contributed by atoms with Gasteiger partial charge in [-0.3, -0.25) is 9.59 Å². The summed E-state index contributed by atoms with van der Waals surface area (Å²) in [6, 6.07) is 0. The molecule has 6 heteroatoms. The fraction of sp³-hybridized carbons (Fsp3) is 0.920. The molecule has 0 saturated heterocycles. The molecule has 0 aromatic rings. The molecule has 0 bridgehead atoms. The van der Waals surface area contributed by atoms with Crippen LogP contribution in [-0.4, -0.2) is 44.6 Å². The van der Waals surface area contributed by atoms with Crippen molar-refractivity contribution in [1.29, 1.82) is 0 Å². The molecule has 0 aromatic heterocycles. The van der Waals surface area contributed by atoms with Crippen molar-refractivity contribution >= 4 is 11.9 Å². The van der Waals surface area contributed by atoms with Crippen LogP contribution in [0.25, 0.3) is 0 Å². The second kappa shape index (κ2) is 8.02. The van der Waals surface area contributed by atoms with E-state index in [-0.39, 0.29) is 35.2 Å². The van der Waals surface area contributed by atoms with Crippen LogP contribution in [0.15, 0.2) is 0 Å². The lowest BCUT2D eigenvalue weighted by Crippen LogP contribution is -2.58. The maximum absolute atomic E-state index is 11.5. The lowest BCUT2D eigenvalue weighted by atomic mass is 9.43. The molecule has 4 aliphatic carbocycles. The van der Waals surface area contributed by atoms with Crippen molar-refractivity contribution in [3.8, 4) is 0 Å². The molecule has 0 heterocycles. The van der Waals surface area contributed by atoms with E-state index in [1.54, 1.807) is 0 Å². The van der Waals surface area contributed by atoms with E-state index >= 15 is 0 Å². The van der Waals surface area contributed by atoms with Gasteiger partial charge in [0.2, 0.25) is 0 Å². The highest BCUT2D eigenvalue weighted by Crippen LogP contribution is 2.68. The Morgan fingerprint density at radius 3 is 2.26 bits per heavy atom. The molecule has 0 amide bonds. The summed E-state index contributed by atoms with van der Waals surface area (Å²) in [5.74, 6) is -1.84. The maximum atomic E-state index is 11.5. The quantitative estimate of drug-likeness (QED) is 0.488. The molecule has 6 nitrogen and oxygen atoms in total. The van der Waals surface area contributed by atoms with Crippen molar-refractivity contribution in [2.45, 2.75) is 90.8 Å². The first-order chi connectivity index (χ1) is 14.5. The standard InChI is InChI=1S/C25H40O6/c1-13(10-17(22(28)29)23(30)31)18-6-7-19-16-5-4-14-11-15(26)8-9-24(14,2)20(16)12-21(27)25(18,19)3/h13-21,26-27H,4-12H2,1-3H3,(H,28,29)(H,30,31)/t13-,14?,15-,16?,18-,19?,20?,21+,24+,25-/m1/s1. The highest BCUT2D eigenvalue weighted by atomic mass is 16.4. The van der Waals surface area contributed by atoms with Crippen molar-refractivity contribution in [3.05, 3.63) is 0 Å². The molecule has 10 atom stereocenters. The summed E-state index contributed by atoms with van der Waals surface area (Å²) in [6.07, 6.45) is 7.35. The molecule has 4 rings (SSSR count). The zero-order chi connectivity index (χ0) is 22.7. The van der Waals surface area contributed by atoms with Crippen LogP contribution in [0.4, 0.5) is 0 Å². The highest BCUT2D eigenvalue weighted by molar-refractivity contribution is 5.92. The summed E-state index contributed by atoms with van der Waals surface area (Å²) in [6.45, 7) is 6.58. The SMILES string of the molecule is C[C@H](CC(C(=O)O)C(=O)O)[C@H]1CCC2C3CCC4C[C@H](O)CC[C@]4(C)C3C[C@H](O)[C@@]21C. The van der Waals surface area contributed by atoms with Gasteiger partial charge in [0.15, 0.2) is 5.92 Å². The molecule has 0 spiro atoms. The number of aliphatic carboxylic acids is 2. The Morgan fingerprint density at radius 2 is 1.61 bits per heavy atom. The van der Waals surface area contributed by atoms with Crippen molar-refractivity contribution in [2.24, 2.45) is 52.3 Å². The number of carbonyl (C=O) groups is 2. The van der Waals surface area contributed by atoms with Gasteiger partial charge in [-0.05, 0) is 104 Å². The van der Waals surface area contributed by atoms with E-state index in [2.05, 4.69) is 13.8 Å². The average Bonchev–Trinajstić information content (AvgIpc) is 3.06. The van der Waals surface area contributed by atoms with Gasteiger partial charge in [0.05, 0.1) is 12.2 Å². The van der Waals surface area contributed by atoms with E-state index in [0.717, 1.165) is 51.4 Å². The number of rotatable bonds is 5. The molecular formula is C25H40O6. The van der Waals surface area contributed by atoms with E-state index in [1.807, 2.05) is 6.92 Å². The second-order valence-electron chi connectivity index (χ2n) is 11.8. The van der Waals surface area contributed by atoms with Crippen molar-refractivity contribution in [2.75, 3.05) is 0 Å². The number of carboxylic acid groups (broad SMARTS) is 2. The Morgan fingerprint density at radius 1 is 0.935 bits per heavy atom. The van der Waals surface area contributed by atoms with Crippen LogP contribution < -0.4 is 0 Å². The first-order valence-electron chi connectivity index (χ1n) is 12.3. The third kappa shape index (κ3) is 3.52. The monoisotopic (exact) mass is 436 g/mol. The lowest BCUT2D eigenvalue weighted by Gasteiger charge is -2.62. The smallest absolute Gasteiger partial charge is 0.317 e. The minimum atomic E-state index is -1.38. The molecule has 0 aliphatic heterocycles. The number of aliphatic hydroxyl groups excluding tert-OH is 2. The predicted molar refractivity (Wildman–Crippen MR) is 115 cm³/mol. The molecule has 0 aromatic carbocycles. The first-order valence-corrected chi connectivity index (χ1v) is 12.3. The molecule has 4 fully saturated rings. The normalized spacial score (nSPS) is 47.9. The Bertz CT molecular complexity index is 709. The number of hydrogen-bond donors (Lipinski definition) is 4. The molecule has 4 N–H and O–H groups in total. The van der Waals surface area contributed by atoms with E-state index in [1.165, 1.54) is 0 Å². The number of hydrogen-bond acceptors (Lipinski definition) is 4. The highest BCUT2D eigenvalue weighted by Gasteiger charge is 2.63.